The first-order valence-corrected chi connectivity index (χ1v) is 4.08. The van der Waals surface area contributed by atoms with Crippen LogP contribution in [0.5, 0.6) is 5.75 Å². The number of anilines is 1. The highest BCUT2D eigenvalue weighted by Gasteiger charge is 2.34. The van der Waals surface area contributed by atoms with Crippen molar-refractivity contribution in [2.75, 3.05) is 12.8 Å². The van der Waals surface area contributed by atoms with Gasteiger partial charge < -0.3 is 10.5 Å². The molecule has 82 valence electrons. The van der Waals surface area contributed by atoms with Gasteiger partial charge in [0.05, 0.1) is 18.4 Å². The van der Waals surface area contributed by atoms with Gasteiger partial charge in [-0.3, -0.25) is 0 Å². The Kier molecular flexibility index (Phi) is 2.93. The molecule has 0 saturated heterocycles. The van der Waals surface area contributed by atoms with Crippen LogP contribution in [0.2, 0.25) is 0 Å². The first-order chi connectivity index (χ1) is 6.91. The number of benzene rings is 1. The first-order valence-electron chi connectivity index (χ1n) is 4.08. The minimum Gasteiger partial charge on any atom is -0.494 e. The SMILES string of the molecule is C=Cc1c(C(F)(F)F)ccc(N)c1OC. The second kappa shape index (κ2) is 3.84. The van der Waals surface area contributed by atoms with E-state index >= 15 is 0 Å². The molecule has 1 rings (SSSR count). The van der Waals surface area contributed by atoms with Crippen molar-refractivity contribution in [2.45, 2.75) is 6.18 Å². The molecule has 1 aromatic carbocycles. The van der Waals surface area contributed by atoms with Crippen LogP contribution in [0.15, 0.2) is 18.7 Å². The van der Waals surface area contributed by atoms with Gasteiger partial charge in [-0.05, 0) is 12.1 Å². The highest BCUT2D eigenvalue weighted by Crippen LogP contribution is 2.39. The molecular weight excluding hydrogens is 207 g/mol. The Balaban J connectivity index is 3.49. The molecule has 2 nitrogen and oxygen atoms in total. The molecule has 15 heavy (non-hydrogen) atoms. The minimum absolute atomic E-state index is 0.000162. The van der Waals surface area contributed by atoms with Crippen molar-refractivity contribution < 1.29 is 17.9 Å². The lowest BCUT2D eigenvalue weighted by atomic mass is 10.0. The minimum atomic E-state index is -4.44. The van der Waals surface area contributed by atoms with Gasteiger partial charge in [0, 0.05) is 5.56 Å². The summed E-state index contributed by atoms with van der Waals surface area (Å²) >= 11 is 0. The molecule has 0 atom stereocenters. The highest BCUT2D eigenvalue weighted by molar-refractivity contribution is 5.70. The number of hydrogen-bond donors (Lipinski definition) is 1. The smallest absolute Gasteiger partial charge is 0.417 e. The largest absolute Gasteiger partial charge is 0.494 e. The monoisotopic (exact) mass is 217 g/mol. The summed E-state index contributed by atoms with van der Waals surface area (Å²) in [4.78, 5) is 0. The Bertz CT molecular complexity index is 385. The topological polar surface area (TPSA) is 35.2 Å². The van der Waals surface area contributed by atoms with E-state index in [1.807, 2.05) is 0 Å². The van der Waals surface area contributed by atoms with Gasteiger partial charge in [-0.1, -0.05) is 12.7 Å². The van der Waals surface area contributed by atoms with Crippen molar-refractivity contribution in [1.82, 2.24) is 0 Å². The molecule has 0 aliphatic heterocycles. The normalized spacial score (nSPS) is 11.2. The van der Waals surface area contributed by atoms with Gasteiger partial charge in [0.1, 0.15) is 5.75 Å². The zero-order valence-corrected chi connectivity index (χ0v) is 8.06. The summed E-state index contributed by atoms with van der Waals surface area (Å²) in [5.41, 5.74) is 4.70. The maximum absolute atomic E-state index is 12.5. The van der Waals surface area contributed by atoms with E-state index in [-0.39, 0.29) is 17.0 Å². The summed E-state index contributed by atoms with van der Waals surface area (Å²) in [5, 5.41) is 0. The highest BCUT2D eigenvalue weighted by atomic mass is 19.4. The zero-order valence-electron chi connectivity index (χ0n) is 8.06. The Morgan fingerprint density at radius 1 is 1.40 bits per heavy atom. The predicted molar refractivity (Wildman–Crippen MR) is 52.5 cm³/mol. The van der Waals surface area contributed by atoms with Crippen LogP contribution in [0.25, 0.3) is 6.08 Å². The van der Waals surface area contributed by atoms with E-state index in [1.165, 1.54) is 7.11 Å². The van der Waals surface area contributed by atoms with E-state index in [4.69, 9.17) is 10.5 Å². The van der Waals surface area contributed by atoms with Gasteiger partial charge in [0.2, 0.25) is 0 Å². The summed E-state index contributed by atoms with van der Waals surface area (Å²) < 4.78 is 42.4. The van der Waals surface area contributed by atoms with Gasteiger partial charge in [0.15, 0.2) is 0 Å². The number of nitrogens with two attached hydrogens (primary N) is 1. The van der Waals surface area contributed by atoms with Crippen molar-refractivity contribution in [3.05, 3.63) is 29.8 Å². The quantitative estimate of drug-likeness (QED) is 0.773. The van der Waals surface area contributed by atoms with Crippen LogP contribution < -0.4 is 10.5 Å². The predicted octanol–water partition coefficient (Wildman–Crippen LogP) is 2.94. The number of hydrogen-bond acceptors (Lipinski definition) is 2. The zero-order chi connectivity index (χ0) is 11.6. The third kappa shape index (κ3) is 2.06. The van der Waals surface area contributed by atoms with Crippen LogP contribution in [0.1, 0.15) is 11.1 Å². The van der Waals surface area contributed by atoms with Crippen molar-refractivity contribution >= 4 is 11.8 Å². The molecule has 0 heterocycles. The Hall–Kier alpha value is -1.65. The maximum atomic E-state index is 12.5. The molecule has 0 fully saturated rings. The third-order valence-electron chi connectivity index (χ3n) is 1.94. The van der Waals surface area contributed by atoms with E-state index in [0.717, 1.165) is 18.2 Å². The molecule has 0 saturated carbocycles. The average Bonchev–Trinajstić information content (AvgIpc) is 2.15. The summed E-state index contributed by atoms with van der Waals surface area (Å²) in [7, 11) is 1.26. The summed E-state index contributed by atoms with van der Waals surface area (Å²) in [6, 6.07) is 2.07. The maximum Gasteiger partial charge on any atom is 0.417 e. The average molecular weight is 217 g/mol. The molecule has 0 amide bonds. The van der Waals surface area contributed by atoms with Gasteiger partial charge >= 0.3 is 6.18 Å². The second-order valence-corrected chi connectivity index (χ2v) is 2.85. The number of methoxy groups -OCH3 is 1. The molecule has 5 heteroatoms. The Morgan fingerprint density at radius 3 is 2.40 bits per heavy atom. The van der Waals surface area contributed by atoms with Crippen molar-refractivity contribution in [2.24, 2.45) is 0 Å². The number of alkyl halides is 3. The van der Waals surface area contributed by atoms with Crippen molar-refractivity contribution in [1.29, 1.82) is 0 Å². The van der Waals surface area contributed by atoms with Gasteiger partial charge in [-0.2, -0.15) is 13.2 Å². The van der Waals surface area contributed by atoms with Crippen molar-refractivity contribution in [3.8, 4) is 5.75 Å². The van der Waals surface area contributed by atoms with Crippen LogP contribution >= 0.6 is 0 Å². The van der Waals surface area contributed by atoms with Gasteiger partial charge in [-0.25, -0.2) is 0 Å². The Labute approximate surface area is 85.2 Å². The Morgan fingerprint density at radius 2 is 2.00 bits per heavy atom. The number of nitrogen functional groups attached to an aromatic ring is 1. The van der Waals surface area contributed by atoms with Crippen molar-refractivity contribution in [3.63, 3.8) is 0 Å². The molecule has 0 unspecified atom stereocenters. The van der Waals surface area contributed by atoms with Gasteiger partial charge in [0.25, 0.3) is 0 Å². The molecule has 0 aromatic heterocycles. The lowest BCUT2D eigenvalue weighted by Gasteiger charge is -2.15. The van der Waals surface area contributed by atoms with E-state index in [1.54, 1.807) is 0 Å². The van der Waals surface area contributed by atoms with Crippen LogP contribution in [-0.2, 0) is 6.18 Å². The number of rotatable bonds is 2. The fraction of sp³-hybridized carbons (Fsp3) is 0.200. The molecule has 0 bridgehead atoms. The van der Waals surface area contributed by atoms with Crippen LogP contribution in [0.4, 0.5) is 18.9 Å². The van der Waals surface area contributed by atoms with E-state index < -0.39 is 11.7 Å². The summed E-state index contributed by atoms with van der Waals surface area (Å²) in [6.45, 7) is 3.32. The standard InChI is InChI=1S/C10H10F3NO/c1-3-6-7(10(11,12)13)4-5-8(14)9(6)15-2/h3-5H,1,14H2,2H3. The molecule has 0 aliphatic rings. The summed E-state index contributed by atoms with van der Waals surface area (Å²) in [5.74, 6) is -0.000162. The van der Waals surface area contributed by atoms with E-state index in [9.17, 15) is 13.2 Å². The van der Waals surface area contributed by atoms with E-state index in [0.29, 0.717) is 0 Å². The summed E-state index contributed by atoms with van der Waals surface area (Å²) in [6.07, 6.45) is -3.36. The van der Waals surface area contributed by atoms with Crippen LogP contribution in [0.3, 0.4) is 0 Å². The fourth-order valence-corrected chi connectivity index (χ4v) is 1.29. The number of halogens is 3. The first kappa shape index (κ1) is 11.4. The lowest BCUT2D eigenvalue weighted by Crippen LogP contribution is -2.09. The number of ether oxygens (including phenoxy) is 1. The van der Waals surface area contributed by atoms with Crippen LogP contribution in [-0.4, -0.2) is 7.11 Å². The fourth-order valence-electron chi connectivity index (χ4n) is 1.29. The lowest BCUT2D eigenvalue weighted by molar-refractivity contribution is -0.137. The van der Waals surface area contributed by atoms with Gasteiger partial charge in [-0.15, -0.1) is 0 Å². The van der Waals surface area contributed by atoms with E-state index in [2.05, 4.69) is 6.58 Å². The third-order valence-corrected chi connectivity index (χ3v) is 1.94. The molecule has 0 radical (unpaired) electrons. The molecule has 1 aromatic rings. The molecule has 2 N–H and O–H groups in total. The molecule has 0 spiro atoms. The molecular formula is C10H10F3NO. The second-order valence-electron chi connectivity index (χ2n) is 2.85. The van der Waals surface area contributed by atoms with Crippen LogP contribution in [0, 0.1) is 0 Å². The molecule has 0 aliphatic carbocycles.